The zero-order valence-corrected chi connectivity index (χ0v) is 12.4. The molecule has 2 aromatic rings. The third kappa shape index (κ3) is 3.16. The van der Waals surface area contributed by atoms with Crippen molar-refractivity contribution in [2.45, 2.75) is 19.8 Å². The smallest absolute Gasteiger partial charge is 0.335 e. The summed E-state index contributed by atoms with van der Waals surface area (Å²) in [6.07, 6.45) is 2.35. The van der Waals surface area contributed by atoms with Crippen LogP contribution in [0.25, 0.3) is 0 Å². The van der Waals surface area contributed by atoms with E-state index in [2.05, 4.69) is 20.2 Å². The number of aromatic nitrogens is 2. The molecule has 0 bridgehead atoms. The first-order valence-corrected chi connectivity index (χ1v) is 7.33. The molecule has 6 heteroatoms. The minimum absolute atomic E-state index is 0.266. The van der Waals surface area contributed by atoms with Crippen LogP contribution in [-0.2, 0) is 0 Å². The molecular weight excluding hydrogens is 280 g/mol. The molecule has 1 aliphatic rings. The fourth-order valence-electron chi connectivity index (χ4n) is 2.52. The Hall–Kier alpha value is -2.63. The zero-order valence-electron chi connectivity index (χ0n) is 12.4. The van der Waals surface area contributed by atoms with E-state index in [0.717, 1.165) is 36.2 Å². The fourth-order valence-corrected chi connectivity index (χ4v) is 2.52. The van der Waals surface area contributed by atoms with Crippen LogP contribution in [0.4, 0.5) is 17.5 Å². The average Bonchev–Trinajstić information content (AvgIpc) is 3.01. The van der Waals surface area contributed by atoms with Gasteiger partial charge >= 0.3 is 5.97 Å². The summed E-state index contributed by atoms with van der Waals surface area (Å²) in [5, 5.41) is 12.1. The Morgan fingerprint density at radius 3 is 2.50 bits per heavy atom. The van der Waals surface area contributed by atoms with Crippen molar-refractivity contribution >= 4 is 23.4 Å². The number of carbonyl (C=O) groups is 1. The van der Waals surface area contributed by atoms with Crippen LogP contribution in [0.5, 0.6) is 0 Å². The molecule has 1 aromatic carbocycles. The summed E-state index contributed by atoms with van der Waals surface area (Å²) in [6, 6.07) is 8.48. The second-order valence-corrected chi connectivity index (χ2v) is 5.40. The number of nitrogens with zero attached hydrogens (tertiary/aromatic N) is 3. The van der Waals surface area contributed by atoms with Crippen molar-refractivity contribution < 1.29 is 9.90 Å². The molecule has 1 fully saturated rings. The molecule has 0 aliphatic carbocycles. The predicted octanol–water partition coefficient (Wildman–Crippen LogP) is 2.83. The van der Waals surface area contributed by atoms with Crippen LogP contribution >= 0.6 is 0 Å². The SMILES string of the molecule is Cc1cc(Nc2ccc(C(=O)O)cc2)nc(N2CCCC2)n1. The van der Waals surface area contributed by atoms with E-state index in [1.807, 2.05) is 13.0 Å². The van der Waals surface area contributed by atoms with E-state index in [-0.39, 0.29) is 5.56 Å². The number of aryl methyl sites for hydroxylation is 1. The predicted molar refractivity (Wildman–Crippen MR) is 84.9 cm³/mol. The Bertz CT molecular complexity index is 679. The minimum atomic E-state index is -0.930. The van der Waals surface area contributed by atoms with Gasteiger partial charge in [-0.2, -0.15) is 4.98 Å². The Morgan fingerprint density at radius 2 is 1.86 bits per heavy atom. The van der Waals surface area contributed by atoms with Gasteiger partial charge in [-0.3, -0.25) is 0 Å². The maximum atomic E-state index is 10.9. The van der Waals surface area contributed by atoms with Crippen molar-refractivity contribution in [3.63, 3.8) is 0 Å². The van der Waals surface area contributed by atoms with Crippen LogP contribution < -0.4 is 10.2 Å². The number of hydrogen-bond donors (Lipinski definition) is 2. The number of aromatic carboxylic acids is 1. The van der Waals surface area contributed by atoms with Gasteiger partial charge in [0.1, 0.15) is 5.82 Å². The van der Waals surface area contributed by atoms with Crippen LogP contribution in [0.3, 0.4) is 0 Å². The van der Waals surface area contributed by atoms with Crippen molar-refractivity contribution in [2.24, 2.45) is 0 Å². The molecule has 0 amide bonds. The maximum Gasteiger partial charge on any atom is 0.335 e. The second kappa shape index (κ2) is 6.01. The molecule has 114 valence electrons. The van der Waals surface area contributed by atoms with E-state index in [0.29, 0.717) is 0 Å². The Kier molecular flexibility index (Phi) is 3.91. The molecule has 22 heavy (non-hydrogen) atoms. The van der Waals surface area contributed by atoms with Crippen molar-refractivity contribution in [1.29, 1.82) is 0 Å². The normalized spacial score (nSPS) is 14.1. The number of benzene rings is 1. The van der Waals surface area contributed by atoms with Gasteiger partial charge in [0.15, 0.2) is 0 Å². The molecule has 2 N–H and O–H groups in total. The summed E-state index contributed by atoms with van der Waals surface area (Å²) >= 11 is 0. The number of carboxylic acids is 1. The van der Waals surface area contributed by atoms with Gasteiger partial charge in [-0.05, 0) is 44.0 Å². The van der Waals surface area contributed by atoms with E-state index in [4.69, 9.17) is 5.11 Å². The summed E-state index contributed by atoms with van der Waals surface area (Å²) in [5.74, 6) is 0.542. The monoisotopic (exact) mass is 298 g/mol. The molecule has 0 atom stereocenters. The standard InChI is InChI=1S/C16H18N4O2/c1-11-10-14(19-16(17-11)20-8-2-3-9-20)18-13-6-4-12(5-7-13)15(21)22/h4-7,10H,2-3,8-9H2,1H3,(H,21,22)(H,17,18,19). The van der Waals surface area contributed by atoms with Crippen LogP contribution in [0.15, 0.2) is 30.3 Å². The first-order chi connectivity index (χ1) is 10.6. The van der Waals surface area contributed by atoms with E-state index in [1.54, 1.807) is 24.3 Å². The maximum absolute atomic E-state index is 10.9. The molecule has 1 aromatic heterocycles. The average molecular weight is 298 g/mol. The van der Waals surface area contributed by atoms with Crippen LogP contribution in [0.1, 0.15) is 28.9 Å². The molecular formula is C16H18N4O2. The molecule has 6 nitrogen and oxygen atoms in total. The largest absolute Gasteiger partial charge is 0.478 e. The molecule has 1 aliphatic heterocycles. The van der Waals surface area contributed by atoms with Gasteiger partial charge in [0, 0.05) is 30.5 Å². The number of rotatable bonds is 4. The first kappa shape index (κ1) is 14.3. The summed E-state index contributed by atoms with van der Waals surface area (Å²) in [6.45, 7) is 3.94. The first-order valence-electron chi connectivity index (χ1n) is 7.33. The van der Waals surface area contributed by atoms with Crippen molar-refractivity contribution in [3.05, 3.63) is 41.6 Å². The van der Waals surface area contributed by atoms with E-state index in [9.17, 15) is 4.79 Å². The van der Waals surface area contributed by atoms with Gasteiger partial charge in [0.2, 0.25) is 5.95 Å². The highest BCUT2D eigenvalue weighted by Crippen LogP contribution is 2.21. The van der Waals surface area contributed by atoms with E-state index >= 15 is 0 Å². The molecule has 0 saturated carbocycles. The zero-order chi connectivity index (χ0) is 15.5. The highest BCUT2D eigenvalue weighted by molar-refractivity contribution is 5.88. The molecule has 0 spiro atoms. The number of carboxylic acid groups (broad SMARTS) is 1. The Balaban J connectivity index is 1.80. The van der Waals surface area contributed by atoms with Crippen LogP contribution in [-0.4, -0.2) is 34.1 Å². The molecule has 0 unspecified atom stereocenters. The summed E-state index contributed by atoms with van der Waals surface area (Å²) in [7, 11) is 0. The van der Waals surface area contributed by atoms with Gasteiger partial charge < -0.3 is 15.3 Å². The highest BCUT2D eigenvalue weighted by Gasteiger charge is 2.16. The quantitative estimate of drug-likeness (QED) is 0.903. The topological polar surface area (TPSA) is 78.3 Å². The molecule has 3 rings (SSSR count). The number of hydrogen-bond acceptors (Lipinski definition) is 5. The van der Waals surface area contributed by atoms with Gasteiger partial charge in [-0.15, -0.1) is 0 Å². The number of nitrogens with one attached hydrogen (secondary N) is 1. The Labute approximate surface area is 128 Å². The van der Waals surface area contributed by atoms with E-state index < -0.39 is 5.97 Å². The number of anilines is 3. The third-order valence-corrected chi connectivity index (χ3v) is 3.64. The van der Waals surface area contributed by atoms with Gasteiger partial charge in [0.25, 0.3) is 0 Å². The lowest BCUT2D eigenvalue weighted by atomic mass is 10.2. The highest BCUT2D eigenvalue weighted by atomic mass is 16.4. The molecule has 2 heterocycles. The summed E-state index contributed by atoms with van der Waals surface area (Å²) in [5.41, 5.74) is 1.97. The van der Waals surface area contributed by atoms with Crippen LogP contribution in [0.2, 0.25) is 0 Å². The lowest BCUT2D eigenvalue weighted by Crippen LogP contribution is -2.21. The van der Waals surface area contributed by atoms with Gasteiger partial charge in [-0.1, -0.05) is 0 Å². The third-order valence-electron chi connectivity index (χ3n) is 3.64. The lowest BCUT2D eigenvalue weighted by molar-refractivity contribution is 0.0697. The van der Waals surface area contributed by atoms with Crippen molar-refractivity contribution in [3.8, 4) is 0 Å². The minimum Gasteiger partial charge on any atom is -0.478 e. The van der Waals surface area contributed by atoms with Gasteiger partial charge in [0.05, 0.1) is 5.56 Å². The van der Waals surface area contributed by atoms with E-state index in [1.165, 1.54) is 12.8 Å². The second-order valence-electron chi connectivity index (χ2n) is 5.40. The van der Waals surface area contributed by atoms with Crippen molar-refractivity contribution in [2.75, 3.05) is 23.3 Å². The van der Waals surface area contributed by atoms with Crippen LogP contribution in [0, 0.1) is 6.92 Å². The van der Waals surface area contributed by atoms with Crippen molar-refractivity contribution in [1.82, 2.24) is 9.97 Å². The lowest BCUT2D eigenvalue weighted by Gasteiger charge is -2.17. The summed E-state index contributed by atoms with van der Waals surface area (Å²) in [4.78, 5) is 22.1. The molecule has 1 saturated heterocycles. The molecule has 0 radical (unpaired) electrons. The fraction of sp³-hybridized carbons (Fsp3) is 0.312. The Morgan fingerprint density at radius 1 is 1.18 bits per heavy atom. The van der Waals surface area contributed by atoms with Gasteiger partial charge in [-0.25, -0.2) is 9.78 Å². The summed E-state index contributed by atoms with van der Waals surface area (Å²) < 4.78 is 0.